The molecule has 0 aromatic carbocycles. The van der Waals surface area contributed by atoms with E-state index < -0.39 is 8.24 Å². The van der Waals surface area contributed by atoms with Gasteiger partial charge in [-0.05, 0) is 25.2 Å². The second kappa shape index (κ2) is 7.63. The van der Waals surface area contributed by atoms with Gasteiger partial charge in [0.2, 0.25) is 0 Å². The van der Waals surface area contributed by atoms with Crippen LogP contribution >= 0.6 is 0 Å². The van der Waals surface area contributed by atoms with Crippen LogP contribution in [-0.4, -0.2) is 28.5 Å². The lowest BCUT2D eigenvalue weighted by Gasteiger charge is -2.42. The molecule has 0 aromatic heterocycles. The molecule has 0 saturated heterocycles. The van der Waals surface area contributed by atoms with Gasteiger partial charge in [-0.1, -0.05) is 53.1 Å². The fourth-order valence-corrected chi connectivity index (χ4v) is 12.1. The van der Waals surface area contributed by atoms with Crippen LogP contribution in [0, 0.1) is 0 Å². The average molecular weight is 245 g/mol. The monoisotopic (exact) mass is 244 g/mol. The van der Waals surface area contributed by atoms with Gasteiger partial charge in [-0.15, -0.1) is 0 Å². The molecule has 0 rings (SSSR count). The van der Waals surface area contributed by atoms with Gasteiger partial charge in [0.15, 0.2) is 0 Å². The van der Waals surface area contributed by atoms with Gasteiger partial charge in [-0.3, -0.25) is 0 Å². The fraction of sp³-hybridized carbons (Fsp3) is 1.00. The van der Waals surface area contributed by atoms with Crippen molar-refractivity contribution in [3.8, 4) is 0 Å². The third-order valence-corrected chi connectivity index (χ3v) is 13.3. The zero-order valence-corrected chi connectivity index (χ0v) is 13.7. The van der Waals surface area contributed by atoms with E-state index in [-0.39, 0.29) is 8.96 Å². The zero-order chi connectivity index (χ0) is 11.9. The summed E-state index contributed by atoms with van der Waals surface area (Å²) in [6.45, 7) is 12.0. The maximum Gasteiger partial charge on any atom is 0.122 e. The van der Waals surface area contributed by atoms with Crippen LogP contribution in [0.4, 0.5) is 0 Å². The van der Waals surface area contributed by atoms with E-state index in [4.69, 9.17) is 0 Å². The van der Waals surface area contributed by atoms with Crippen molar-refractivity contribution in [2.24, 2.45) is 0 Å². The Morgan fingerprint density at radius 3 is 1.40 bits per heavy atom. The first kappa shape index (κ1) is 15.4. The fourth-order valence-electron chi connectivity index (χ4n) is 2.75. The molecule has 0 fully saturated rings. The SMILES string of the molecule is CCC[Si](CCC)(CCC)N(C)[Si](C)C. The van der Waals surface area contributed by atoms with Crippen LogP contribution < -0.4 is 0 Å². The lowest BCUT2D eigenvalue weighted by molar-refractivity contribution is 0.706. The van der Waals surface area contributed by atoms with Crippen LogP contribution in [-0.2, 0) is 0 Å². The predicted molar refractivity (Wildman–Crippen MR) is 76.3 cm³/mol. The Balaban J connectivity index is 4.73. The molecule has 0 bridgehead atoms. The summed E-state index contributed by atoms with van der Waals surface area (Å²) in [5.74, 6) is 0. The molecule has 0 aliphatic heterocycles. The van der Waals surface area contributed by atoms with E-state index in [2.05, 4.69) is 45.1 Å². The number of hydrogen-bond donors (Lipinski definition) is 0. The first-order valence-corrected chi connectivity index (χ1v) is 11.6. The van der Waals surface area contributed by atoms with Gasteiger partial charge in [-0.25, -0.2) is 0 Å². The molecule has 0 aliphatic rings. The maximum absolute atomic E-state index is 2.86. The standard InChI is InChI=1S/C12H30NSi2/c1-7-10-15(11-8-2,12-9-3)13(4)14(5)6/h7-12H2,1-6H3. The summed E-state index contributed by atoms with van der Waals surface area (Å²) in [4.78, 5) is 0. The molecule has 3 heteroatoms. The summed E-state index contributed by atoms with van der Waals surface area (Å²) >= 11 is 0. The van der Waals surface area contributed by atoms with E-state index >= 15 is 0 Å². The van der Waals surface area contributed by atoms with Crippen molar-refractivity contribution in [2.45, 2.75) is 71.3 Å². The molecule has 0 amide bonds. The average Bonchev–Trinajstić information content (AvgIpc) is 2.17. The minimum Gasteiger partial charge on any atom is -0.349 e. The van der Waals surface area contributed by atoms with Crippen LogP contribution in [0.5, 0.6) is 0 Å². The topological polar surface area (TPSA) is 3.24 Å². The molecule has 91 valence electrons. The van der Waals surface area contributed by atoms with Crippen LogP contribution in [0.1, 0.15) is 40.0 Å². The van der Waals surface area contributed by atoms with Crippen molar-refractivity contribution < 1.29 is 0 Å². The molecule has 0 saturated carbocycles. The summed E-state index contributed by atoms with van der Waals surface area (Å²) < 4.78 is 2.86. The van der Waals surface area contributed by atoms with Crippen molar-refractivity contribution in [1.29, 1.82) is 0 Å². The Morgan fingerprint density at radius 1 is 0.867 bits per heavy atom. The Labute approximate surface area is 100 Å². The van der Waals surface area contributed by atoms with E-state index in [0.717, 1.165) is 0 Å². The van der Waals surface area contributed by atoms with Crippen molar-refractivity contribution in [3.05, 3.63) is 0 Å². The molecule has 0 heterocycles. The summed E-state index contributed by atoms with van der Waals surface area (Å²) in [7, 11) is 1.10. The van der Waals surface area contributed by atoms with Gasteiger partial charge >= 0.3 is 0 Å². The van der Waals surface area contributed by atoms with Gasteiger partial charge in [0.1, 0.15) is 17.2 Å². The highest BCUT2D eigenvalue weighted by molar-refractivity contribution is 6.85. The van der Waals surface area contributed by atoms with E-state index in [1.807, 2.05) is 0 Å². The third kappa shape index (κ3) is 4.41. The number of hydrogen-bond acceptors (Lipinski definition) is 1. The predicted octanol–water partition coefficient (Wildman–Crippen LogP) is 4.34. The second-order valence-electron chi connectivity index (χ2n) is 4.98. The molecular weight excluding hydrogens is 214 g/mol. The molecule has 0 aliphatic carbocycles. The van der Waals surface area contributed by atoms with Crippen molar-refractivity contribution in [1.82, 2.24) is 4.23 Å². The quantitative estimate of drug-likeness (QED) is 0.574. The lowest BCUT2D eigenvalue weighted by atomic mass is 10.6. The second-order valence-corrected chi connectivity index (χ2v) is 12.6. The van der Waals surface area contributed by atoms with Crippen LogP contribution in [0.3, 0.4) is 0 Å². The molecular formula is C12H30NSi2. The zero-order valence-electron chi connectivity index (χ0n) is 11.7. The molecule has 0 spiro atoms. The first-order chi connectivity index (χ1) is 7.04. The Kier molecular flexibility index (Phi) is 7.83. The van der Waals surface area contributed by atoms with E-state index in [0.29, 0.717) is 0 Å². The first-order valence-electron chi connectivity index (χ1n) is 6.58. The summed E-state index contributed by atoms with van der Waals surface area (Å²) in [6.07, 6.45) is 4.14. The Hall–Kier alpha value is 0.394. The Bertz CT molecular complexity index is 143. The summed E-state index contributed by atoms with van der Waals surface area (Å²) in [5.41, 5.74) is 0. The minimum absolute atomic E-state index is 0.239. The van der Waals surface area contributed by atoms with Gasteiger partial charge in [-0.2, -0.15) is 0 Å². The highest BCUT2D eigenvalue weighted by atomic mass is 28.4. The number of nitrogens with zero attached hydrogens (tertiary/aromatic N) is 1. The largest absolute Gasteiger partial charge is 0.349 e. The van der Waals surface area contributed by atoms with E-state index in [9.17, 15) is 0 Å². The van der Waals surface area contributed by atoms with Gasteiger partial charge in [0.05, 0.1) is 0 Å². The minimum atomic E-state index is -1.08. The molecule has 0 aromatic rings. The maximum atomic E-state index is 2.86. The smallest absolute Gasteiger partial charge is 0.122 e. The van der Waals surface area contributed by atoms with Crippen LogP contribution in [0.2, 0.25) is 31.2 Å². The van der Waals surface area contributed by atoms with E-state index in [1.165, 1.54) is 37.4 Å². The molecule has 1 nitrogen and oxygen atoms in total. The lowest BCUT2D eigenvalue weighted by Crippen LogP contribution is -2.55. The normalized spacial score (nSPS) is 12.8. The van der Waals surface area contributed by atoms with Gasteiger partial charge in [0, 0.05) is 0 Å². The molecule has 1 radical (unpaired) electrons. The summed E-state index contributed by atoms with van der Waals surface area (Å²) in [5, 5.41) is 0. The highest BCUT2D eigenvalue weighted by Gasteiger charge is 2.36. The molecule has 15 heavy (non-hydrogen) atoms. The number of rotatable bonds is 8. The molecule has 0 N–H and O–H groups in total. The van der Waals surface area contributed by atoms with Crippen LogP contribution in [0.25, 0.3) is 0 Å². The third-order valence-electron chi connectivity index (χ3n) is 3.53. The van der Waals surface area contributed by atoms with Crippen LogP contribution in [0.15, 0.2) is 0 Å². The summed E-state index contributed by atoms with van der Waals surface area (Å²) in [6, 6.07) is 4.54. The Morgan fingerprint density at radius 2 is 1.20 bits per heavy atom. The van der Waals surface area contributed by atoms with Crippen molar-refractivity contribution >= 4 is 17.2 Å². The van der Waals surface area contributed by atoms with Crippen molar-refractivity contribution in [3.63, 3.8) is 0 Å². The van der Waals surface area contributed by atoms with Crippen molar-refractivity contribution in [2.75, 3.05) is 7.05 Å². The van der Waals surface area contributed by atoms with Gasteiger partial charge in [0.25, 0.3) is 0 Å². The molecule has 0 unspecified atom stereocenters. The highest BCUT2D eigenvalue weighted by Crippen LogP contribution is 2.29. The molecule has 0 atom stereocenters. The van der Waals surface area contributed by atoms with E-state index in [1.54, 1.807) is 0 Å². The van der Waals surface area contributed by atoms with Gasteiger partial charge < -0.3 is 4.23 Å².